The minimum Gasteiger partial charge on any atom is -0.307 e. The zero-order chi connectivity index (χ0) is 13.2. The lowest BCUT2D eigenvalue weighted by Gasteiger charge is -2.21. The van der Waals surface area contributed by atoms with E-state index in [1.165, 1.54) is 23.5 Å². The molecular weight excluding hydrogens is 263 g/mol. The van der Waals surface area contributed by atoms with Crippen LogP contribution in [-0.2, 0) is 11.2 Å². The van der Waals surface area contributed by atoms with Gasteiger partial charge in [0.1, 0.15) is 10.8 Å². The Morgan fingerprint density at radius 3 is 3.16 bits per heavy atom. The maximum absolute atomic E-state index is 13.1. The van der Waals surface area contributed by atoms with Crippen molar-refractivity contribution in [1.82, 2.24) is 10.3 Å². The van der Waals surface area contributed by atoms with Crippen molar-refractivity contribution in [3.63, 3.8) is 0 Å². The number of nitrogens with one attached hydrogen (secondary N) is 1. The van der Waals surface area contributed by atoms with Crippen molar-refractivity contribution >= 4 is 27.3 Å². The summed E-state index contributed by atoms with van der Waals surface area (Å²) >= 11 is 1.47. The summed E-state index contributed by atoms with van der Waals surface area (Å²) in [5.74, 6) is -0.0937. The Balaban J connectivity index is 1.75. The van der Waals surface area contributed by atoms with Crippen molar-refractivity contribution in [2.75, 3.05) is 6.54 Å². The van der Waals surface area contributed by atoms with Crippen LogP contribution in [0.2, 0.25) is 0 Å². The summed E-state index contributed by atoms with van der Waals surface area (Å²) in [6.07, 6.45) is 3.51. The van der Waals surface area contributed by atoms with Gasteiger partial charge in [0.25, 0.3) is 0 Å². The molecule has 0 unspecified atom stereocenters. The third-order valence-electron chi connectivity index (χ3n) is 3.42. The number of halogens is 1. The third-order valence-corrected chi connectivity index (χ3v) is 4.45. The second kappa shape index (κ2) is 5.35. The molecule has 2 heterocycles. The molecule has 0 amide bonds. The Hall–Kier alpha value is -1.33. The molecule has 3 nitrogen and oxygen atoms in total. The molecule has 0 saturated carbocycles. The van der Waals surface area contributed by atoms with Crippen LogP contribution >= 0.6 is 11.3 Å². The van der Waals surface area contributed by atoms with Gasteiger partial charge in [0.15, 0.2) is 5.78 Å². The van der Waals surface area contributed by atoms with Crippen LogP contribution in [-0.4, -0.2) is 23.4 Å². The standard InChI is InChI=1S/C14H15FN2OS/c15-9-4-5-13-11(7-9)17-14(19-13)8-12(18)10-3-1-2-6-16-10/h4-5,7,10,16H,1-3,6,8H2/t10-/m0/s1. The van der Waals surface area contributed by atoms with Gasteiger partial charge < -0.3 is 5.32 Å². The summed E-state index contributed by atoms with van der Waals surface area (Å²) in [7, 11) is 0. The summed E-state index contributed by atoms with van der Waals surface area (Å²) in [5, 5.41) is 4.03. The fraction of sp³-hybridized carbons (Fsp3) is 0.429. The van der Waals surface area contributed by atoms with Gasteiger partial charge in [-0.15, -0.1) is 11.3 Å². The van der Waals surface area contributed by atoms with E-state index < -0.39 is 0 Å². The Labute approximate surface area is 114 Å². The van der Waals surface area contributed by atoms with Crippen LogP contribution in [0.4, 0.5) is 4.39 Å². The highest BCUT2D eigenvalue weighted by atomic mass is 32.1. The SMILES string of the molecule is O=C(Cc1nc2cc(F)ccc2s1)[C@@H]1CCCCN1. The molecule has 1 aliphatic rings. The minimum absolute atomic E-state index is 0.0301. The molecule has 2 aromatic rings. The van der Waals surface area contributed by atoms with Crippen LogP contribution < -0.4 is 5.32 Å². The lowest BCUT2D eigenvalue weighted by atomic mass is 10.00. The maximum Gasteiger partial charge on any atom is 0.156 e. The number of fused-ring (bicyclic) bond motifs is 1. The van der Waals surface area contributed by atoms with Crippen LogP contribution in [0.15, 0.2) is 18.2 Å². The van der Waals surface area contributed by atoms with E-state index in [2.05, 4.69) is 10.3 Å². The number of aromatic nitrogens is 1. The average Bonchev–Trinajstić information content (AvgIpc) is 2.81. The summed E-state index contributed by atoms with van der Waals surface area (Å²) in [5.41, 5.74) is 0.643. The van der Waals surface area contributed by atoms with Crippen molar-refractivity contribution in [2.45, 2.75) is 31.7 Å². The summed E-state index contributed by atoms with van der Waals surface area (Å²) < 4.78 is 14.0. The largest absolute Gasteiger partial charge is 0.307 e. The van der Waals surface area contributed by atoms with Crippen LogP contribution in [0.25, 0.3) is 10.2 Å². The van der Waals surface area contributed by atoms with Gasteiger partial charge >= 0.3 is 0 Å². The molecule has 1 aromatic heterocycles. The maximum atomic E-state index is 13.1. The first-order valence-corrected chi connectivity index (χ1v) is 7.35. The first-order valence-electron chi connectivity index (χ1n) is 6.53. The smallest absolute Gasteiger partial charge is 0.156 e. The molecule has 1 aromatic carbocycles. The van der Waals surface area contributed by atoms with Gasteiger partial charge in [-0.2, -0.15) is 0 Å². The normalized spacial score (nSPS) is 19.7. The Bertz CT molecular complexity index is 605. The molecule has 3 rings (SSSR count). The van der Waals surface area contributed by atoms with Gasteiger partial charge in [0.2, 0.25) is 0 Å². The fourth-order valence-electron chi connectivity index (χ4n) is 2.42. The molecule has 5 heteroatoms. The van der Waals surface area contributed by atoms with E-state index in [0.717, 1.165) is 35.5 Å². The quantitative estimate of drug-likeness (QED) is 0.938. The topological polar surface area (TPSA) is 42.0 Å². The number of nitrogens with zero attached hydrogens (tertiary/aromatic N) is 1. The number of ketones is 1. The molecular formula is C14H15FN2OS. The lowest BCUT2D eigenvalue weighted by molar-refractivity contribution is -0.120. The summed E-state index contributed by atoms with van der Waals surface area (Å²) in [6, 6.07) is 4.53. The number of rotatable bonds is 3. The molecule has 1 N–H and O–H groups in total. The van der Waals surface area contributed by atoms with Crippen molar-refractivity contribution in [1.29, 1.82) is 0 Å². The zero-order valence-electron chi connectivity index (χ0n) is 10.5. The highest BCUT2D eigenvalue weighted by Crippen LogP contribution is 2.23. The van der Waals surface area contributed by atoms with Crippen LogP contribution in [0.5, 0.6) is 0 Å². The zero-order valence-corrected chi connectivity index (χ0v) is 11.3. The van der Waals surface area contributed by atoms with Crippen molar-refractivity contribution in [2.24, 2.45) is 0 Å². The van der Waals surface area contributed by atoms with Crippen LogP contribution in [0, 0.1) is 5.82 Å². The number of carbonyl (C=O) groups is 1. The number of hydrogen-bond donors (Lipinski definition) is 1. The Kier molecular flexibility index (Phi) is 3.57. The van der Waals surface area contributed by atoms with E-state index in [1.807, 2.05) is 0 Å². The summed E-state index contributed by atoms with van der Waals surface area (Å²) in [6.45, 7) is 0.918. The van der Waals surface area contributed by atoms with Gasteiger partial charge in [-0.3, -0.25) is 4.79 Å². The van der Waals surface area contributed by atoms with Crippen molar-refractivity contribution in [3.05, 3.63) is 29.0 Å². The molecule has 0 spiro atoms. The Morgan fingerprint density at radius 2 is 2.37 bits per heavy atom. The number of piperidine rings is 1. The van der Waals surface area contributed by atoms with Gasteiger partial charge in [-0.1, -0.05) is 6.42 Å². The molecule has 0 radical (unpaired) electrons. The second-order valence-electron chi connectivity index (χ2n) is 4.87. The van der Waals surface area contributed by atoms with E-state index >= 15 is 0 Å². The van der Waals surface area contributed by atoms with E-state index in [-0.39, 0.29) is 17.6 Å². The number of thiazole rings is 1. The molecule has 1 saturated heterocycles. The lowest BCUT2D eigenvalue weighted by Crippen LogP contribution is -2.41. The van der Waals surface area contributed by atoms with E-state index in [9.17, 15) is 9.18 Å². The average molecular weight is 278 g/mol. The number of benzene rings is 1. The van der Waals surface area contributed by atoms with E-state index in [1.54, 1.807) is 6.07 Å². The van der Waals surface area contributed by atoms with Gasteiger partial charge in [-0.05, 0) is 31.5 Å². The van der Waals surface area contributed by atoms with E-state index in [4.69, 9.17) is 0 Å². The first-order chi connectivity index (χ1) is 9.22. The molecule has 1 aliphatic heterocycles. The monoisotopic (exact) mass is 278 g/mol. The second-order valence-corrected chi connectivity index (χ2v) is 5.98. The minimum atomic E-state index is -0.287. The number of carbonyl (C=O) groups excluding carboxylic acids is 1. The number of hydrogen-bond acceptors (Lipinski definition) is 4. The highest BCUT2D eigenvalue weighted by molar-refractivity contribution is 7.18. The third kappa shape index (κ3) is 2.82. The number of Topliss-reactive ketones (excluding diaryl/α,β-unsaturated/α-hetero) is 1. The van der Waals surface area contributed by atoms with Crippen molar-refractivity contribution in [3.8, 4) is 0 Å². The van der Waals surface area contributed by atoms with Gasteiger partial charge in [0, 0.05) is 6.07 Å². The van der Waals surface area contributed by atoms with Crippen LogP contribution in [0.1, 0.15) is 24.3 Å². The molecule has 0 aliphatic carbocycles. The molecule has 1 fully saturated rings. The van der Waals surface area contributed by atoms with Gasteiger partial charge in [-0.25, -0.2) is 9.37 Å². The summed E-state index contributed by atoms with van der Waals surface area (Å²) in [4.78, 5) is 16.5. The van der Waals surface area contributed by atoms with Crippen LogP contribution in [0.3, 0.4) is 0 Å². The molecule has 100 valence electrons. The van der Waals surface area contributed by atoms with E-state index in [0.29, 0.717) is 11.9 Å². The van der Waals surface area contributed by atoms with Crippen molar-refractivity contribution < 1.29 is 9.18 Å². The first kappa shape index (κ1) is 12.7. The fourth-order valence-corrected chi connectivity index (χ4v) is 3.38. The predicted molar refractivity (Wildman–Crippen MR) is 73.9 cm³/mol. The Morgan fingerprint density at radius 1 is 1.47 bits per heavy atom. The molecule has 1 atom stereocenters. The van der Waals surface area contributed by atoms with Gasteiger partial charge in [0.05, 0.1) is 22.7 Å². The highest BCUT2D eigenvalue weighted by Gasteiger charge is 2.21. The predicted octanol–water partition coefficient (Wildman–Crippen LogP) is 2.69. The molecule has 19 heavy (non-hydrogen) atoms. The molecule has 0 bridgehead atoms.